The van der Waals surface area contributed by atoms with Crippen LogP contribution in [0.2, 0.25) is 5.02 Å². The van der Waals surface area contributed by atoms with Crippen LogP contribution in [0.25, 0.3) is 5.69 Å². The molecule has 0 spiro atoms. The molecule has 1 aromatic heterocycles. The Hall–Kier alpha value is -1.32. The van der Waals surface area contributed by atoms with Gasteiger partial charge < -0.3 is 10.3 Å². The molecule has 102 valence electrons. The van der Waals surface area contributed by atoms with E-state index in [0.29, 0.717) is 6.54 Å². The molecule has 2 aromatic rings. The number of nitrogens with two attached hydrogens (primary N) is 1. The summed E-state index contributed by atoms with van der Waals surface area (Å²) in [5.74, 6) is 0. The van der Waals surface area contributed by atoms with Crippen molar-refractivity contribution in [2.75, 3.05) is 0 Å². The molecule has 0 aliphatic heterocycles. The average molecular weight is 278 g/mol. The maximum Gasteiger partial charge on any atom is 0.0992 e. The van der Waals surface area contributed by atoms with E-state index >= 15 is 0 Å². The van der Waals surface area contributed by atoms with E-state index in [1.165, 1.54) is 5.56 Å². The molecule has 0 saturated heterocycles. The molecule has 0 fully saturated rings. The van der Waals surface area contributed by atoms with E-state index in [2.05, 4.69) is 31.8 Å². The smallest absolute Gasteiger partial charge is 0.0992 e. The monoisotopic (exact) mass is 277 g/mol. The van der Waals surface area contributed by atoms with Crippen LogP contribution in [-0.2, 0) is 13.0 Å². The van der Waals surface area contributed by atoms with Gasteiger partial charge in [0, 0.05) is 18.9 Å². The molecular formula is C15H20ClN3. The molecule has 0 bridgehead atoms. The summed E-state index contributed by atoms with van der Waals surface area (Å²) in [5.41, 5.74) is 9.29. The van der Waals surface area contributed by atoms with Crippen molar-refractivity contribution in [1.82, 2.24) is 9.55 Å². The lowest BCUT2D eigenvalue weighted by molar-refractivity contribution is 0.411. The van der Waals surface area contributed by atoms with Gasteiger partial charge in [-0.15, -0.1) is 0 Å². The second-order valence-electron chi connectivity index (χ2n) is 6.00. The molecule has 0 amide bonds. The Labute approximate surface area is 119 Å². The molecule has 2 N–H and O–H groups in total. The SMILES string of the molecule is CC(C)(C)Cc1cc(Cl)c(-n2ccnc2)c(CN)c1. The summed E-state index contributed by atoms with van der Waals surface area (Å²) >= 11 is 6.43. The number of aromatic nitrogens is 2. The summed E-state index contributed by atoms with van der Waals surface area (Å²) in [7, 11) is 0. The third-order valence-electron chi connectivity index (χ3n) is 2.92. The fourth-order valence-electron chi connectivity index (χ4n) is 2.27. The zero-order chi connectivity index (χ0) is 14.0. The molecule has 0 radical (unpaired) electrons. The Morgan fingerprint density at radius 1 is 1.32 bits per heavy atom. The van der Waals surface area contributed by atoms with Gasteiger partial charge in [-0.3, -0.25) is 0 Å². The summed E-state index contributed by atoms with van der Waals surface area (Å²) in [6.07, 6.45) is 6.33. The first kappa shape index (κ1) is 14.1. The highest BCUT2D eigenvalue weighted by Crippen LogP contribution is 2.29. The first-order valence-corrected chi connectivity index (χ1v) is 6.78. The number of halogens is 1. The molecule has 0 atom stereocenters. The normalized spacial score (nSPS) is 11.8. The summed E-state index contributed by atoms with van der Waals surface area (Å²) in [6.45, 7) is 7.11. The Kier molecular flexibility index (Phi) is 3.97. The van der Waals surface area contributed by atoms with Crippen molar-refractivity contribution < 1.29 is 0 Å². The highest BCUT2D eigenvalue weighted by molar-refractivity contribution is 6.32. The zero-order valence-electron chi connectivity index (χ0n) is 11.7. The van der Waals surface area contributed by atoms with Crippen LogP contribution in [0.15, 0.2) is 30.9 Å². The van der Waals surface area contributed by atoms with Crippen molar-refractivity contribution in [1.29, 1.82) is 0 Å². The minimum absolute atomic E-state index is 0.228. The third-order valence-corrected chi connectivity index (χ3v) is 3.21. The average Bonchev–Trinajstić information content (AvgIpc) is 2.79. The van der Waals surface area contributed by atoms with Gasteiger partial charge in [0.25, 0.3) is 0 Å². The lowest BCUT2D eigenvalue weighted by atomic mass is 9.87. The maximum absolute atomic E-state index is 6.43. The number of benzene rings is 1. The van der Waals surface area contributed by atoms with Gasteiger partial charge in [0.15, 0.2) is 0 Å². The zero-order valence-corrected chi connectivity index (χ0v) is 12.4. The Morgan fingerprint density at radius 3 is 2.58 bits per heavy atom. The number of hydrogen-bond donors (Lipinski definition) is 1. The molecular weight excluding hydrogens is 258 g/mol. The van der Waals surface area contributed by atoms with E-state index in [0.717, 1.165) is 22.7 Å². The summed E-state index contributed by atoms with van der Waals surface area (Å²) in [4.78, 5) is 4.06. The number of rotatable bonds is 3. The van der Waals surface area contributed by atoms with Gasteiger partial charge in [-0.25, -0.2) is 4.98 Å². The molecule has 0 aliphatic carbocycles. The van der Waals surface area contributed by atoms with Gasteiger partial charge in [-0.1, -0.05) is 38.4 Å². The third kappa shape index (κ3) is 3.37. The highest BCUT2D eigenvalue weighted by atomic mass is 35.5. The maximum atomic E-state index is 6.43. The number of imidazole rings is 1. The molecule has 1 aromatic carbocycles. The first-order chi connectivity index (χ1) is 8.90. The van der Waals surface area contributed by atoms with Gasteiger partial charge in [-0.2, -0.15) is 0 Å². The number of nitrogens with zero attached hydrogens (tertiary/aromatic N) is 2. The van der Waals surface area contributed by atoms with Crippen molar-refractivity contribution >= 4 is 11.6 Å². The minimum atomic E-state index is 0.228. The lowest BCUT2D eigenvalue weighted by Crippen LogP contribution is -2.11. The molecule has 0 saturated carbocycles. The summed E-state index contributed by atoms with van der Waals surface area (Å²) in [6, 6.07) is 4.17. The van der Waals surface area contributed by atoms with Gasteiger partial charge in [0.2, 0.25) is 0 Å². The molecule has 2 rings (SSSR count). The van der Waals surface area contributed by atoms with Crippen LogP contribution in [0, 0.1) is 5.41 Å². The molecule has 0 unspecified atom stereocenters. The lowest BCUT2D eigenvalue weighted by Gasteiger charge is -2.20. The minimum Gasteiger partial charge on any atom is -0.326 e. The van der Waals surface area contributed by atoms with Crippen LogP contribution in [-0.4, -0.2) is 9.55 Å². The molecule has 3 nitrogen and oxygen atoms in total. The Bertz CT molecular complexity index is 554. The van der Waals surface area contributed by atoms with Crippen molar-refractivity contribution in [3.8, 4) is 5.69 Å². The van der Waals surface area contributed by atoms with Gasteiger partial charge in [0.05, 0.1) is 17.0 Å². The van der Waals surface area contributed by atoms with Gasteiger partial charge >= 0.3 is 0 Å². The largest absolute Gasteiger partial charge is 0.326 e. The van der Waals surface area contributed by atoms with E-state index in [1.807, 2.05) is 16.8 Å². The molecule has 0 aliphatic rings. The predicted octanol–water partition coefficient (Wildman–Crippen LogP) is 3.57. The van der Waals surface area contributed by atoms with Crippen LogP contribution < -0.4 is 5.73 Å². The van der Waals surface area contributed by atoms with Crippen LogP contribution in [0.3, 0.4) is 0 Å². The van der Waals surface area contributed by atoms with E-state index in [4.69, 9.17) is 17.3 Å². The number of hydrogen-bond acceptors (Lipinski definition) is 2. The van der Waals surface area contributed by atoms with E-state index in [1.54, 1.807) is 12.5 Å². The van der Waals surface area contributed by atoms with Crippen LogP contribution in [0.1, 0.15) is 31.9 Å². The van der Waals surface area contributed by atoms with Gasteiger partial charge in [-0.05, 0) is 29.0 Å². The molecule has 4 heteroatoms. The van der Waals surface area contributed by atoms with Crippen molar-refractivity contribution in [3.63, 3.8) is 0 Å². The standard InChI is InChI=1S/C15H20ClN3/c1-15(2,3)8-11-6-12(9-17)14(13(16)7-11)19-5-4-18-10-19/h4-7,10H,8-9,17H2,1-3H3. The molecule has 19 heavy (non-hydrogen) atoms. The van der Waals surface area contributed by atoms with Crippen LogP contribution >= 0.6 is 11.6 Å². The summed E-state index contributed by atoms with van der Waals surface area (Å²) in [5, 5.41) is 0.722. The quantitative estimate of drug-likeness (QED) is 0.932. The summed E-state index contributed by atoms with van der Waals surface area (Å²) < 4.78 is 1.91. The predicted molar refractivity (Wildman–Crippen MR) is 79.6 cm³/mol. The van der Waals surface area contributed by atoms with Crippen molar-refractivity contribution in [2.24, 2.45) is 11.1 Å². The van der Waals surface area contributed by atoms with E-state index in [9.17, 15) is 0 Å². The van der Waals surface area contributed by atoms with Crippen molar-refractivity contribution in [3.05, 3.63) is 47.0 Å². The second kappa shape index (κ2) is 5.35. The topological polar surface area (TPSA) is 43.8 Å². The highest BCUT2D eigenvalue weighted by Gasteiger charge is 2.15. The fourth-order valence-corrected chi connectivity index (χ4v) is 2.63. The fraction of sp³-hybridized carbons (Fsp3) is 0.400. The van der Waals surface area contributed by atoms with Crippen molar-refractivity contribution in [2.45, 2.75) is 33.7 Å². The van der Waals surface area contributed by atoms with E-state index in [-0.39, 0.29) is 5.41 Å². The van der Waals surface area contributed by atoms with E-state index < -0.39 is 0 Å². The second-order valence-corrected chi connectivity index (χ2v) is 6.40. The molecule has 1 heterocycles. The van der Waals surface area contributed by atoms with Crippen LogP contribution in [0.4, 0.5) is 0 Å². The Morgan fingerprint density at radius 2 is 2.05 bits per heavy atom. The van der Waals surface area contributed by atoms with Crippen LogP contribution in [0.5, 0.6) is 0 Å². The first-order valence-electron chi connectivity index (χ1n) is 6.40. The van der Waals surface area contributed by atoms with Gasteiger partial charge in [0.1, 0.15) is 0 Å². The Balaban J connectivity index is 2.47.